The molecule has 2 rings (SSSR count). The van der Waals surface area contributed by atoms with Crippen molar-refractivity contribution in [2.45, 2.75) is 5.92 Å². The van der Waals surface area contributed by atoms with Crippen molar-refractivity contribution in [1.82, 2.24) is 5.32 Å². The molecule has 2 aromatic rings. The molecule has 3 nitrogen and oxygen atoms in total. The van der Waals surface area contributed by atoms with Crippen LogP contribution in [0.3, 0.4) is 0 Å². The van der Waals surface area contributed by atoms with Crippen molar-refractivity contribution in [3.8, 4) is 6.07 Å². The monoisotopic (exact) mass is 315 g/mol. The maximum absolute atomic E-state index is 9.46. The van der Waals surface area contributed by atoms with Crippen molar-refractivity contribution in [2.24, 2.45) is 0 Å². The molecule has 0 aromatic heterocycles. The van der Waals surface area contributed by atoms with Crippen molar-refractivity contribution in [3.05, 3.63) is 64.7 Å². The van der Waals surface area contributed by atoms with Crippen LogP contribution in [0.1, 0.15) is 17.0 Å². The van der Waals surface area contributed by atoms with E-state index in [2.05, 4.69) is 16.7 Å². The minimum atomic E-state index is -0.385. The van der Waals surface area contributed by atoms with E-state index in [1.807, 2.05) is 42.5 Å². The Bertz CT molecular complexity index is 680. The van der Waals surface area contributed by atoms with Crippen LogP contribution in [0.15, 0.2) is 48.5 Å². The molecule has 1 atom stereocenters. The van der Waals surface area contributed by atoms with Gasteiger partial charge in [-0.25, -0.2) is 0 Å². The highest BCUT2D eigenvalue weighted by molar-refractivity contribution is 7.80. The second kappa shape index (κ2) is 7.07. The van der Waals surface area contributed by atoms with E-state index in [4.69, 9.17) is 23.8 Å². The minimum absolute atomic E-state index is 0.385. The molecule has 0 aliphatic heterocycles. The Kier molecular flexibility index (Phi) is 5.15. The van der Waals surface area contributed by atoms with Crippen LogP contribution >= 0.6 is 23.8 Å². The zero-order chi connectivity index (χ0) is 15.2. The van der Waals surface area contributed by atoms with Gasteiger partial charge in [-0.2, -0.15) is 5.26 Å². The van der Waals surface area contributed by atoms with Gasteiger partial charge in [0, 0.05) is 17.8 Å². The Balaban J connectivity index is 2.32. The summed E-state index contributed by atoms with van der Waals surface area (Å²) in [6, 6.07) is 17.4. The van der Waals surface area contributed by atoms with E-state index in [-0.39, 0.29) is 5.92 Å². The summed E-state index contributed by atoms with van der Waals surface area (Å²) in [5.41, 5.74) is 2.49. The van der Waals surface area contributed by atoms with Gasteiger partial charge in [-0.3, -0.25) is 0 Å². The fraction of sp³-hybridized carbons (Fsp3) is 0.125. The summed E-state index contributed by atoms with van der Waals surface area (Å²) >= 11 is 11.4. The molecule has 0 unspecified atom stereocenters. The number of rotatable bonds is 3. The highest BCUT2D eigenvalue weighted by Crippen LogP contribution is 2.31. The van der Waals surface area contributed by atoms with Gasteiger partial charge < -0.3 is 10.6 Å². The third-order valence-corrected chi connectivity index (χ3v) is 3.69. The summed E-state index contributed by atoms with van der Waals surface area (Å²) in [7, 11) is 1.74. The van der Waals surface area contributed by atoms with Gasteiger partial charge >= 0.3 is 0 Å². The molecular weight excluding hydrogens is 302 g/mol. The third kappa shape index (κ3) is 3.72. The molecule has 0 amide bonds. The van der Waals surface area contributed by atoms with Crippen LogP contribution in [0.25, 0.3) is 0 Å². The predicted octanol–water partition coefficient (Wildman–Crippen LogP) is 3.91. The highest BCUT2D eigenvalue weighted by Gasteiger charge is 2.16. The summed E-state index contributed by atoms with van der Waals surface area (Å²) in [5.74, 6) is -0.385. The van der Waals surface area contributed by atoms with E-state index in [1.54, 1.807) is 13.1 Å². The number of thiocarbonyl (C=S) groups is 1. The standard InChI is InChI=1S/C16H14ClN3S/c1-19-16(21)20-12-7-8-13(15(17)9-12)14(10-18)11-5-3-2-4-6-11/h2-9,14H,1H3,(H2,19,20,21)/t14-/m0/s1. The lowest BCUT2D eigenvalue weighted by Gasteiger charge is -2.14. The lowest BCUT2D eigenvalue weighted by molar-refractivity contribution is 1.04. The van der Waals surface area contributed by atoms with Crippen LogP contribution in [0.2, 0.25) is 5.02 Å². The lowest BCUT2D eigenvalue weighted by atomic mass is 9.92. The topological polar surface area (TPSA) is 47.8 Å². The number of nitrogens with zero attached hydrogens (tertiary/aromatic N) is 1. The molecule has 0 saturated carbocycles. The van der Waals surface area contributed by atoms with E-state index in [0.29, 0.717) is 10.1 Å². The average molecular weight is 316 g/mol. The number of nitrogens with one attached hydrogen (secondary N) is 2. The molecule has 106 valence electrons. The summed E-state index contributed by atoms with van der Waals surface area (Å²) in [6.45, 7) is 0. The number of nitriles is 1. The molecule has 0 saturated heterocycles. The zero-order valence-electron chi connectivity index (χ0n) is 11.4. The largest absolute Gasteiger partial charge is 0.366 e. The second-order valence-corrected chi connectivity index (χ2v) is 5.23. The maximum Gasteiger partial charge on any atom is 0.170 e. The van der Waals surface area contributed by atoms with Crippen molar-refractivity contribution >= 4 is 34.6 Å². The second-order valence-electron chi connectivity index (χ2n) is 4.41. The van der Waals surface area contributed by atoms with Gasteiger partial charge in [-0.05, 0) is 35.5 Å². The minimum Gasteiger partial charge on any atom is -0.366 e. The fourth-order valence-corrected chi connectivity index (χ4v) is 2.41. The summed E-state index contributed by atoms with van der Waals surface area (Å²) in [6.07, 6.45) is 0. The first-order valence-corrected chi connectivity index (χ1v) is 7.17. The molecule has 0 fully saturated rings. The molecule has 5 heteroatoms. The molecule has 0 heterocycles. The molecule has 2 N–H and O–H groups in total. The van der Waals surface area contributed by atoms with Crippen molar-refractivity contribution in [2.75, 3.05) is 12.4 Å². The highest BCUT2D eigenvalue weighted by atomic mass is 35.5. The Morgan fingerprint density at radius 2 is 1.95 bits per heavy atom. The van der Waals surface area contributed by atoms with Crippen LogP contribution in [0, 0.1) is 11.3 Å². The SMILES string of the molecule is CNC(=S)Nc1ccc([C@@H](C#N)c2ccccc2)c(Cl)c1. The van der Waals surface area contributed by atoms with Crippen LogP contribution in [0.5, 0.6) is 0 Å². The molecule has 0 bridgehead atoms. The first-order chi connectivity index (χ1) is 10.2. The lowest BCUT2D eigenvalue weighted by Crippen LogP contribution is -2.24. The van der Waals surface area contributed by atoms with Crippen molar-refractivity contribution in [1.29, 1.82) is 5.26 Å². The maximum atomic E-state index is 9.46. The fourth-order valence-electron chi connectivity index (χ4n) is 2.00. The predicted molar refractivity (Wildman–Crippen MR) is 90.6 cm³/mol. The number of hydrogen-bond donors (Lipinski definition) is 2. The molecule has 0 aliphatic rings. The van der Waals surface area contributed by atoms with Gasteiger partial charge in [0.05, 0.1) is 12.0 Å². The van der Waals surface area contributed by atoms with E-state index < -0.39 is 0 Å². The van der Waals surface area contributed by atoms with Crippen molar-refractivity contribution < 1.29 is 0 Å². The summed E-state index contributed by atoms with van der Waals surface area (Å²) in [4.78, 5) is 0. The van der Waals surface area contributed by atoms with E-state index in [9.17, 15) is 5.26 Å². The molecule has 2 aromatic carbocycles. The molecule has 0 radical (unpaired) electrons. The Labute approximate surface area is 134 Å². The number of halogens is 1. The quantitative estimate of drug-likeness (QED) is 0.843. The molecular formula is C16H14ClN3S. The van der Waals surface area contributed by atoms with Gasteiger partial charge in [-0.15, -0.1) is 0 Å². The van der Waals surface area contributed by atoms with E-state index >= 15 is 0 Å². The van der Waals surface area contributed by atoms with Gasteiger partial charge in [0.2, 0.25) is 0 Å². The number of benzene rings is 2. The third-order valence-electron chi connectivity index (χ3n) is 3.06. The van der Waals surface area contributed by atoms with E-state index in [1.165, 1.54) is 0 Å². The molecule has 0 spiro atoms. The van der Waals surface area contributed by atoms with Crippen molar-refractivity contribution in [3.63, 3.8) is 0 Å². The van der Waals surface area contributed by atoms with Gasteiger partial charge in [0.1, 0.15) is 0 Å². The van der Waals surface area contributed by atoms with Gasteiger partial charge in [0.15, 0.2) is 5.11 Å². The number of hydrogen-bond acceptors (Lipinski definition) is 2. The van der Waals surface area contributed by atoms with Gasteiger partial charge in [0.25, 0.3) is 0 Å². The summed E-state index contributed by atoms with van der Waals surface area (Å²) in [5, 5.41) is 16.3. The van der Waals surface area contributed by atoms with Gasteiger partial charge in [-0.1, -0.05) is 48.0 Å². The normalized spacial score (nSPS) is 11.3. The van der Waals surface area contributed by atoms with Crippen LogP contribution in [-0.4, -0.2) is 12.2 Å². The first-order valence-electron chi connectivity index (χ1n) is 6.38. The van der Waals surface area contributed by atoms with Crippen LogP contribution in [0.4, 0.5) is 5.69 Å². The molecule has 21 heavy (non-hydrogen) atoms. The Hall–Kier alpha value is -2.09. The number of anilines is 1. The Morgan fingerprint density at radius 3 is 2.52 bits per heavy atom. The Morgan fingerprint density at radius 1 is 1.24 bits per heavy atom. The van der Waals surface area contributed by atoms with E-state index in [0.717, 1.165) is 16.8 Å². The smallest absolute Gasteiger partial charge is 0.170 e. The van der Waals surface area contributed by atoms with Crippen LogP contribution < -0.4 is 10.6 Å². The molecule has 0 aliphatic carbocycles. The average Bonchev–Trinajstić information content (AvgIpc) is 2.51. The zero-order valence-corrected chi connectivity index (χ0v) is 13.0. The van der Waals surface area contributed by atoms with Crippen LogP contribution in [-0.2, 0) is 0 Å². The summed E-state index contributed by atoms with van der Waals surface area (Å²) < 4.78 is 0. The first kappa shape index (κ1) is 15.3.